The molecule has 1 saturated carbocycles. The third-order valence-electron chi connectivity index (χ3n) is 3.92. The fraction of sp³-hybridized carbons (Fsp3) is 0.500. The lowest BCUT2D eigenvalue weighted by molar-refractivity contribution is -0.149. The van der Waals surface area contributed by atoms with Crippen LogP contribution in [0.2, 0.25) is 5.02 Å². The summed E-state index contributed by atoms with van der Waals surface area (Å²) in [5.74, 6) is -1.08. The number of nitrogens with two attached hydrogens (primary N) is 1. The van der Waals surface area contributed by atoms with Crippen LogP contribution in [0.1, 0.15) is 18.4 Å². The highest BCUT2D eigenvalue weighted by molar-refractivity contribution is 7.91. The molecular formula is C14H18ClNO4S. The van der Waals surface area contributed by atoms with Crippen LogP contribution in [0.5, 0.6) is 0 Å². The fourth-order valence-corrected chi connectivity index (χ4v) is 5.16. The van der Waals surface area contributed by atoms with Gasteiger partial charge in [0.15, 0.2) is 9.84 Å². The first-order valence-electron chi connectivity index (χ1n) is 6.60. The minimum Gasteiger partial charge on any atom is -0.465 e. The van der Waals surface area contributed by atoms with Crippen molar-refractivity contribution >= 4 is 27.4 Å². The van der Waals surface area contributed by atoms with Crippen LogP contribution < -0.4 is 5.73 Å². The predicted octanol–water partition coefficient (Wildman–Crippen LogP) is 1.36. The molecule has 3 atom stereocenters. The van der Waals surface area contributed by atoms with Gasteiger partial charge in [0.2, 0.25) is 0 Å². The highest BCUT2D eigenvalue weighted by Gasteiger charge is 2.74. The van der Waals surface area contributed by atoms with E-state index in [-0.39, 0.29) is 13.2 Å². The second-order valence-corrected chi connectivity index (χ2v) is 7.85. The Morgan fingerprint density at radius 2 is 2.14 bits per heavy atom. The van der Waals surface area contributed by atoms with Crippen LogP contribution in [-0.4, -0.2) is 39.0 Å². The first-order valence-corrected chi connectivity index (χ1v) is 8.94. The zero-order chi connectivity index (χ0) is 15.8. The van der Waals surface area contributed by atoms with Gasteiger partial charge in [0.05, 0.1) is 11.9 Å². The molecule has 1 aromatic rings. The molecule has 1 fully saturated rings. The summed E-state index contributed by atoms with van der Waals surface area (Å²) in [7, 11) is -3.45. The van der Waals surface area contributed by atoms with Crippen molar-refractivity contribution in [1.82, 2.24) is 0 Å². The molecule has 0 aliphatic heterocycles. The molecule has 2 rings (SSSR count). The summed E-state index contributed by atoms with van der Waals surface area (Å²) in [4.78, 5) is 12.3. The van der Waals surface area contributed by atoms with E-state index in [1.807, 2.05) is 0 Å². The number of halogens is 1. The van der Waals surface area contributed by atoms with Crippen molar-refractivity contribution in [3.8, 4) is 0 Å². The first kappa shape index (κ1) is 16.3. The van der Waals surface area contributed by atoms with Gasteiger partial charge in [-0.3, -0.25) is 4.79 Å². The van der Waals surface area contributed by atoms with E-state index in [1.54, 1.807) is 31.2 Å². The topological polar surface area (TPSA) is 86.5 Å². The molecule has 1 aromatic carbocycles. The van der Waals surface area contributed by atoms with Crippen LogP contribution in [0.4, 0.5) is 0 Å². The van der Waals surface area contributed by atoms with E-state index in [4.69, 9.17) is 22.1 Å². The third-order valence-corrected chi connectivity index (χ3v) is 5.77. The summed E-state index contributed by atoms with van der Waals surface area (Å²) in [6.45, 7) is 1.77. The Bertz CT molecular complexity index is 661. The molecule has 7 heteroatoms. The summed E-state index contributed by atoms with van der Waals surface area (Å²) in [5.41, 5.74) is 5.23. The second kappa shape index (κ2) is 5.59. The number of carbonyl (C=O) groups excluding carboxylic acids is 1. The summed E-state index contributed by atoms with van der Waals surface area (Å²) < 4.78 is 29.1. The molecule has 0 spiro atoms. The standard InChI is InChI=1S/C14H18ClNO4S/c1-3-20-13(17)14(8-16)11(12(14)21(2,18)19)9-5-4-6-10(15)7-9/h4-7,11-12H,3,8,16H2,1-2H3/t11-,12-,14-/m0/s1. The largest absolute Gasteiger partial charge is 0.465 e. The quantitative estimate of drug-likeness (QED) is 0.823. The average molecular weight is 332 g/mol. The fourth-order valence-electron chi connectivity index (χ4n) is 3.04. The van der Waals surface area contributed by atoms with Crippen molar-refractivity contribution in [2.45, 2.75) is 18.1 Å². The van der Waals surface area contributed by atoms with Crippen LogP contribution in [0.3, 0.4) is 0 Å². The van der Waals surface area contributed by atoms with Crippen LogP contribution in [-0.2, 0) is 19.4 Å². The summed E-state index contributed by atoms with van der Waals surface area (Å²) in [6.07, 6.45) is 1.12. The Morgan fingerprint density at radius 3 is 2.62 bits per heavy atom. The molecule has 5 nitrogen and oxygen atoms in total. The summed E-state index contributed by atoms with van der Waals surface area (Å²) >= 11 is 5.96. The predicted molar refractivity (Wildman–Crippen MR) is 80.9 cm³/mol. The van der Waals surface area contributed by atoms with Gasteiger partial charge in [0, 0.05) is 23.7 Å². The normalized spacial score (nSPS) is 28.2. The number of carbonyl (C=O) groups is 1. The van der Waals surface area contributed by atoms with E-state index in [0.29, 0.717) is 10.6 Å². The molecule has 1 aliphatic rings. The van der Waals surface area contributed by atoms with E-state index < -0.39 is 32.4 Å². The van der Waals surface area contributed by atoms with E-state index in [1.165, 1.54) is 0 Å². The molecule has 0 radical (unpaired) electrons. The van der Waals surface area contributed by atoms with Crippen molar-refractivity contribution in [1.29, 1.82) is 0 Å². The number of ether oxygens (including phenoxy) is 1. The molecule has 0 bridgehead atoms. The number of benzene rings is 1. The maximum Gasteiger partial charge on any atom is 0.315 e. The third kappa shape index (κ3) is 2.67. The van der Waals surface area contributed by atoms with Gasteiger partial charge in [-0.2, -0.15) is 0 Å². The minimum absolute atomic E-state index is 0.0826. The van der Waals surface area contributed by atoms with Gasteiger partial charge >= 0.3 is 5.97 Å². The smallest absolute Gasteiger partial charge is 0.315 e. The highest BCUT2D eigenvalue weighted by Crippen LogP contribution is 2.63. The zero-order valence-corrected chi connectivity index (χ0v) is 13.4. The van der Waals surface area contributed by atoms with Gasteiger partial charge in [-0.15, -0.1) is 0 Å². The van der Waals surface area contributed by atoms with Gasteiger partial charge in [0.25, 0.3) is 0 Å². The molecule has 0 heterocycles. The molecule has 2 N–H and O–H groups in total. The van der Waals surface area contributed by atoms with Crippen molar-refractivity contribution in [2.75, 3.05) is 19.4 Å². The van der Waals surface area contributed by atoms with Crippen LogP contribution in [0.15, 0.2) is 24.3 Å². The number of sulfone groups is 1. The monoisotopic (exact) mass is 331 g/mol. The van der Waals surface area contributed by atoms with Crippen LogP contribution in [0.25, 0.3) is 0 Å². The SMILES string of the molecule is CCOC(=O)[C@@]1(CN)[C@@H](c2cccc(Cl)c2)[C@@H]1S(C)(=O)=O. The molecule has 0 amide bonds. The number of hydrogen-bond donors (Lipinski definition) is 1. The molecule has 0 aromatic heterocycles. The van der Waals surface area contributed by atoms with Gasteiger partial charge in [-0.25, -0.2) is 8.42 Å². The van der Waals surface area contributed by atoms with E-state index in [9.17, 15) is 13.2 Å². The Morgan fingerprint density at radius 1 is 1.48 bits per heavy atom. The van der Waals surface area contributed by atoms with Gasteiger partial charge in [-0.05, 0) is 24.6 Å². The molecule has 0 unspecified atom stereocenters. The zero-order valence-electron chi connectivity index (χ0n) is 11.9. The van der Waals surface area contributed by atoms with Crippen molar-refractivity contribution < 1.29 is 17.9 Å². The summed E-state index contributed by atoms with van der Waals surface area (Å²) in [5, 5.41) is -0.381. The molecule has 116 valence electrons. The van der Waals surface area contributed by atoms with Crippen molar-refractivity contribution in [3.05, 3.63) is 34.9 Å². The number of hydrogen-bond acceptors (Lipinski definition) is 5. The molecular weight excluding hydrogens is 314 g/mol. The molecule has 1 aliphatic carbocycles. The van der Waals surface area contributed by atoms with Gasteiger partial charge in [-0.1, -0.05) is 23.7 Å². The Labute approximate surface area is 129 Å². The maximum absolute atomic E-state index is 12.3. The average Bonchev–Trinajstić information content (AvgIpc) is 3.09. The minimum atomic E-state index is -3.45. The van der Waals surface area contributed by atoms with Crippen LogP contribution >= 0.6 is 11.6 Å². The summed E-state index contributed by atoms with van der Waals surface area (Å²) in [6, 6.07) is 6.84. The molecule has 21 heavy (non-hydrogen) atoms. The number of esters is 1. The second-order valence-electron chi connectivity index (χ2n) is 5.25. The highest BCUT2D eigenvalue weighted by atomic mass is 35.5. The first-order chi connectivity index (χ1) is 9.79. The maximum atomic E-state index is 12.3. The van der Waals surface area contributed by atoms with E-state index >= 15 is 0 Å². The Balaban J connectivity index is 2.50. The van der Waals surface area contributed by atoms with Gasteiger partial charge < -0.3 is 10.5 Å². The lowest BCUT2D eigenvalue weighted by Crippen LogP contribution is -2.33. The van der Waals surface area contributed by atoms with Crippen molar-refractivity contribution in [3.63, 3.8) is 0 Å². The Hall–Kier alpha value is -1.11. The number of rotatable bonds is 5. The molecule has 0 saturated heterocycles. The van der Waals surface area contributed by atoms with E-state index in [2.05, 4.69) is 0 Å². The van der Waals surface area contributed by atoms with Crippen molar-refractivity contribution in [2.24, 2.45) is 11.1 Å². The van der Waals surface area contributed by atoms with Crippen LogP contribution in [0, 0.1) is 5.41 Å². The van der Waals surface area contributed by atoms with E-state index in [0.717, 1.165) is 6.26 Å². The lowest BCUT2D eigenvalue weighted by atomic mass is 9.99. The van der Waals surface area contributed by atoms with Gasteiger partial charge in [0.1, 0.15) is 5.41 Å². The Kier molecular flexibility index (Phi) is 4.33. The lowest BCUT2D eigenvalue weighted by Gasteiger charge is -2.14.